The second-order valence-corrected chi connectivity index (χ2v) is 7.29. The third-order valence-corrected chi connectivity index (χ3v) is 5.23. The first-order valence-electron chi connectivity index (χ1n) is 8.67. The molecule has 26 heavy (non-hydrogen) atoms. The largest absolute Gasteiger partial charge is 0.371 e. The smallest absolute Gasteiger partial charge is 0.173 e. The molecule has 0 amide bonds. The van der Waals surface area contributed by atoms with Gasteiger partial charge >= 0.3 is 0 Å². The molecule has 1 fully saturated rings. The molecule has 0 saturated carbocycles. The Balaban J connectivity index is 1.55. The van der Waals surface area contributed by atoms with Gasteiger partial charge in [0, 0.05) is 17.6 Å². The molecule has 0 radical (unpaired) electrons. The van der Waals surface area contributed by atoms with E-state index in [-0.39, 0.29) is 12.1 Å². The molecule has 7 heteroatoms. The Morgan fingerprint density at radius 3 is 2.81 bits per heavy atom. The lowest BCUT2D eigenvalue weighted by molar-refractivity contribution is -0.0445. The average Bonchev–Trinajstić information content (AvgIpc) is 3.18. The Bertz CT molecular complexity index is 869. The third kappa shape index (κ3) is 3.56. The van der Waals surface area contributed by atoms with Gasteiger partial charge in [0.2, 0.25) is 0 Å². The fourth-order valence-electron chi connectivity index (χ4n) is 3.30. The Morgan fingerprint density at radius 1 is 1.15 bits per heavy atom. The van der Waals surface area contributed by atoms with Crippen molar-refractivity contribution in [2.45, 2.75) is 19.1 Å². The van der Waals surface area contributed by atoms with Crippen molar-refractivity contribution >= 4 is 15.9 Å². The molecule has 2 atom stereocenters. The van der Waals surface area contributed by atoms with Gasteiger partial charge in [-0.25, -0.2) is 0 Å². The highest BCUT2D eigenvalue weighted by atomic mass is 79.9. The Hall–Kier alpha value is -2.09. The Labute approximate surface area is 160 Å². The van der Waals surface area contributed by atoms with Crippen LogP contribution >= 0.6 is 15.9 Å². The van der Waals surface area contributed by atoms with Crippen LogP contribution in [0.5, 0.6) is 0 Å². The fraction of sp³-hybridized carbons (Fsp3) is 0.316. The number of nitrogens with zero attached hydrogens (tertiary/aromatic N) is 5. The summed E-state index contributed by atoms with van der Waals surface area (Å²) < 4.78 is 8.89. The predicted molar refractivity (Wildman–Crippen MR) is 102 cm³/mol. The number of aromatic nitrogens is 4. The quantitative estimate of drug-likeness (QED) is 0.654. The number of hydrogen-bond acceptors (Lipinski definition) is 5. The number of tetrazole rings is 1. The topological polar surface area (TPSA) is 56.1 Å². The summed E-state index contributed by atoms with van der Waals surface area (Å²) in [6, 6.07) is 18.4. The lowest BCUT2D eigenvalue weighted by Crippen LogP contribution is -2.40. The minimum atomic E-state index is 0.0461. The molecular formula is C19H20BrN5O. The van der Waals surface area contributed by atoms with Crippen LogP contribution in [0.2, 0.25) is 0 Å². The first-order chi connectivity index (χ1) is 12.7. The van der Waals surface area contributed by atoms with Crippen LogP contribution in [0.1, 0.15) is 30.5 Å². The lowest BCUT2D eigenvalue weighted by atomic mass is 10.1. The molecule has 1 saturated heterocycles. The average molecular weight is 414 g/mol. The van der Waals surface area contributed by atoms with Gasteiger partial charge in [-0.3, -0.25) is 4.90 Å². The van der Waals surface area contributed by atoms with E-state index in [1.54, 1.807) is 0 Å². The number of para-hydroxylation sites is 1. The van der Waals surface area contributed by atoms with Gasteiger partial charge < -0.3 is 4.74 Å². The number of morpholine rings is 1. The van der Waals surface area contributed by atoms with E-state index in [4.69, 9.17) is 4.74 Å². The molecule has 0 aliphatic carbocycles. The van der Waals surface area contributed by atoms with Crippen molar-refractivity contribution in [2.75, 3.05) is 19.7 Å². The fourth-order valence-corrected chi connectivity index (χ4v) is 3.72. The van der Waals surface area contributed by atoms with E-state index in [0.29, 0.717) is 6.61 Å². The summed E-state index contributed by atoms with van der Waals surface area (Å²) in [5, 5.41) is 12.4. The molecule has 1 aliphatic rings. The van der Waals surface area contributed by atoms with Crippen molar-refractivity contribution in [3.05, 3.63) is 70.5 Å². The van der Waals surface area contributed by atoms with E-state index < -0.39 is 0 Å². The van der Waals surface area contributed by atoms with Gasteiger partial charge in [-0.2, -0.15) is 4.68 Å². The molecule has 1 aromatic heterocycles. The zero-order chi connectivity index (χ0) is 17.9. The molecule has 6 nitrogen and oxygen atoms in total. The van der Waals surface area contributed by atoms with Crippen LogP contribution in [0.3, 0.4) is 0 Å². The molecule has 0 spiro atoms. The van der Waals surface area contributed by atoms with E-state index in [2.05, 4.69) is 55.4 Å². The first-order valence-corrected chi connectivity index (χ1v) is 9.46. The monoisotopic (exact) mass is 413 g/mol. The van der Waals surface area contributed by atoms with E-state index in [1.165, 1.54) is 5.56 Å². The van der Waals surface area contributed by atoms with Gasteiger partial charge in [0.15, 0.2) is 5.82 Å². The summed E-state index contributed by atoms with van der Waals surface area (Å²) in [5.74, 6) is 0.839. The standard InChI is InChI=1S/C19H20BrN5O/c1-14(19-21-22-23-25(19)17-8-3-2-4-9-17)24-10-11-26-18(13-24)15-6-5-7-16(20)12-15/h2-9,12,14,18H,10-11,13H2,1H3. The summed E-state index contributed by atoms with van der Waals surface area (Å²) in [7, 11) is 0. The van der Waals surface area contributed by atoms with E-state index in [9.17, 15) is 0 Å². The van der Waals surface area contributed by atoms with Crippen LogP contribution in [0.25, 0.3) is 5.69 Å². The summed E-state index contributed by atoms with van der Waals surface area (Å²) >= 11 is 3.54. The summed E-state index contributed by atoms with van der Waals surface area (Å²) in [5.41, 5.74) is 2.15. The van der Waals surface area contributed by atoms with E-state index in [1.807, 2.05) is 47.1 Å². The molecule has 134 valence electrons. The van der Waals surface area contributed by atoms with Gasteiger partial charge in [-0.05, 0) is 47.2 Å². The summed E-state index contributed by atoms with van der Waals surface area (Å²) in [6.07, 6.45) is 0.0461. The highest BCUT2D eigenvalue weighted by Gasteiger charge is 2.29. The molecule has 4 rings (SSSR count). The van der Waals surface area contributed by atoms with Gasteiger partial charge in [0.05, 0.1) is 24.4 Å². The van der Waals surface area contributed by atoms with Crippen LogP contribution in [0, 0.1) is 0 Å². The van der Waals surface area contributed by atoms with Gasteiger partial charge in [-0.1, -0.05) is 46.3 Å². The number of rotatable bonds is 4. The molecule has 0 N–H and O–H groups in total. The molecule has 2 aromatic carbocycles. The molecule has 2 heterocycles. The number of ether oxygens (including phenoxy) is 1. The van der Waals surface area contributed by atoms with Crippen molar-refractivity contribution in [3.63, 3.8) is 0 Å². The van der Waals surface area contributed by atoms with Crippen LogP contribution in [-0.4, -0.2) is 44.8 Å². The SMILES string of the molecule is CC(c1nnnn1-c1ccccc1)N1CCOC(c2cccc(Br)c2)C1. The highest BCUT2D eigenvalue weighted by molar-refractivity contribution is 9.10. The Morgan fingerprint density at radius 2 is 2.00 bits per heavy atom. The van der Waals surface area contributed by atoms with Crippen molar-refractivity contribution in [1.29, 1.82) is 0 Å². The highest BCUT2D eigenvalue weighted by Crippen LogP contribution is 2.29. The first kappa shape index (κ1) is 17.3. The van der Waals surface area contributed by atoms with Crippen molar-refractivity contribution in [3.8, 4) is 5.69 Å². The van der Waals surface area contributed by atoms with Gasteiger partial charge in [-0.15, -0.1) is 5.10 Å². The van der Waals surface area contributed by atoms with Crippen molar-refractivity contribution < 1.29 is 4.74 Å². The van der Waals surface area contributed by atoms with Crippen LogP contribution < -0.4 is 0 Å². The summed E-state index contributed by atoms with van der Waals surface area (Å²) in [4.78, 5) is 2.38. The minimum Gasteiger partial charge on any atom is -0.371 e. The van der Waals surface area contributed by atoms with E-state index >= 15 is 0 Å². The maximum atomic E-state index is 6.01. The Kier molecular flexibility index (Phi) is 5.10. The normalized spacial score (nSPS) is 19.4. The number of benzene rings is 2. The second kappa shape index (κ2) is 7.65. The van der Waals surface area contributed by atoms with Crippen LogP contribution in [-0.2, 0) is 4.74 Å². The number of halogens is 1. The number of hydrogen-bond donors (Lipinski definition) is 0. The second-order valence-electron chi connectivity index (χ2n) is 6.37. The predicted octanol–water partition coefficient (Wildman–Crippen LogP) is 3.56. The molecule has 3 aromatic rings. The van der Waals surface area contributed by atoms with E-state index in [0.717, 1.165) is 29.1 Å². The molecule has 0 bridgehead atoms. The molecule has 2 unspecified atom stereocenters. The minimum absolute atomic E-state index is 0.0461. The van der Waals surface area contributed by atoms with Crippen LogP contribution in [0.15, 0.2) is 59.1 Å². The maximum Gasteiger partial charge on any atom is 0.173 e. The molecular weight excluding hydrogens is 394 g/mol. The van der Waals surface area contributed by atoms with Gasteiger partial charge in [0.25, 0.3) is 0 Å². The van der Waals surface area contributed by atoms with Crippen molar-refractivity contribution in [1.82, 2.24) is 25.1 Å². The zero-order valence-electron chi connectivity index (χ0n) is 14.5. The molecule has 1 aliphatic heterocycles. The maximum absolute atomic E-state index is 6.01. The van der Waals surface area contributed by atoms with Gasteiger partial charge in [0.1, 0.15) is 0 Å². The lowest BCUT2D eigenvalue weighted by Gasteiger charge is -2.36. The third-order valence-electron chi connectivity index (χ3n) is 4.73. The van der Waals surface area contributed by atoms with Crippen molar-refractivity contribution in [2.24, 2.45) is 0 Å². The summed E-state index contributed by atoms with van der Waals surface area (Å²) in [6.45, 7) is 4.50. The van der Waals surface area contributed by atoms with Crippen LogP contribution in [0.4, 0.5) is 0 Å². The zero-order valence-corrected chi connectivity index (χ0v) is 16.1.